The molecule has 0 unspecified atom stereocenters. The zero-order valence-electron chi connectivity index (χ0n) is 19.3. The van der Waals surface area contributed by atoms with Crippen molar-refractivity contribution in [2.75, 3.05) is 31.1 Å². The van der Waals surface area contributed by atoms with Crippen molar-refractivity contribution in [1.82, 2.24) is 18.6 Å². The van der Waals surface area contributed by atoms with Gasteiger partial charge in [0.1, 0.15) is 12.2 Å². The number of hydrogen-bond donors (Lipinski definition) is 0. The van der Waals surface area contributed by atoms with E-state index < -0.39 is 0 Å². The molecule has 8 heteroatoms. The third kappa shape index (κ3) is 3.74. The first-order chi connectivity index (χ1) is 15.3. The molecule has 170 valence electrons. The summed E-state index contributed by atoms with van der Waals surface area (Å²) in [5, 5.41) is 0.473. The normalized spacial score (nSPS) is 14.4. The molecule has 1 amide bonds. The van der Waals surface area contributed by atoms with Gasteiger partial charge in [0.15, 0.2) is 0 Å². The second-order valence-electron chi connectivity index (χ2n) is 8.41. The van der Waals surface area contributed by atoms with Crippen LogP contribution in [0.2, 0.25) is 0 Å². The number of rotatable bonds is 5. The molecule has 0 N–H and O–H groups in total. The molecule has 1 saturated heterocycles. The minimum Gasteiger partial charge on any atom is -0.368 e. The van der Waals surface area contributed by atoms with Gasteiger partial charge in [-0.15, -0.1) is 0 Å². The Kier molecular flexibility index (Phi) is 5.95. The van der Waals surface area contributed by atoms with Crippen LogP contribution in [-0.2, 0) is 24.4 Å². The lowest BCUT2D eigenvalue weighted by Crippen LogP contribution is -2.49. The number of carbonyl (C=O) groups is 1. The van der Waals surface area contributed by atoms with E-state index in [1.54, 1.807) is 28.3 Å². The zero-order chi connectivity index (χ0) is 23.0. The van der Waals surface area contributed by atoms with Crippen molar-refractivity contribution in [2.24, 2.45) is 0 Å². The molecular weight excluding hydrogens is 406 g/mol. The van der Waals surface area contributed by atoms with E-state index in [1.165, 1.54) is 21.4 Å². The number of carbonyl (C=O) groups excluding carboxylic acids is 1. The summed E-state index contributed by atoms with van der Waals surface area (Å²) in [7, 11) is 0. The maximum atomic E-state index is 13.1. The summed E-state index contributed by atoms with van der Waals surface area (Å²) in [6, 6.07) is 8.17. The quantitative estimate of drug-likeness (QED) is 0.612. The van der Waals surface area contributed by atoms with Crippen LogP contribution >= 0.6 is 0 Å². The maximum absolute atomic E-state index is 13.1. The third-order valence-electron chi connectivity index (χ3n) is 6.39. The number of benzene rings is 1. The Morgan fingerprint density at radius 3 is 2.25 bits per heavy atom. The number of nitrogens with zero attached hydrogens (tertiary/aromatic N) is 5. The van der Waals surface area contributed by atoms with Crippen molar-refractivity contribution in [3.63, 3.8) is 0 Å². The van der Waals surface area contributed by atoms with Crippen molar-refractivity contribution in [3.05, 3.63) is 62.4 Å². The minimum absolute atomic E-state index is 0.00227. The van der Waals surface area contributed by atoms with Gasteiger partial charge in [-0.05, 0) is 45.4 Å². The van der Waals surface area contributed by atoms with E-state index in [-0.39, 0.29) is 23.7 Å². The van der Waals surface area contributed by atoms with Crippen LogP contribution in [0.3, 0.4) is 0 Å². The molecular formula is C24H31N5O3. The van der Waals surface area contributed by atoms with E-state index in [4.69, 9.17) is 0 Å². The van der Waals surface area contributed by atoms with Crippen LogP contribution in [0.5, 0.6) is 0 Å². The highest BCUT2D eigenvalue weighted by Gasteiger charge is 2.23. The van der Waals surface area contributed by atoms with Gasteiger partial charge >= 0.3 is 5.69 Å². The summed E-state index contributed by atoms with van der Waals surface area (Å²) in [4.78, 5) is 42.7. The van der Waals surface area contributed by atoms with Crippen LogP contribution in [0, 0.1) is 13.8 Å². The largest absolute Gasteiger partial charge is 0.368 e. The van der Waals surface area contributed by atoms with Crippen LogP contribution in [0.25, 0.3) is 11.0 Å². The van der Waals surface area contributed by atoms with Crippen molar-refractivity contribution < 1.29 is 4.79 Å². The molecule has 0 radical (unpaired) electrons. The first-order valence-electron chi connectivity index (χ1n) is 11.3. The first-order valence-corrected chi connectivity index (χ1v) is 11.3. The second kappa shape index (κ2) is 8.68. The standard InChI is InChI=1S/C24H31N5O3/c1-5-28-22-19(23(31)29(6-2)24(28)32)9-10-27(22)16-21(30)26-13-11-25(12-14-26)20-8-7-17(3)15-18(20)4/h7-10,15H,5-6,11-14,16H2,1-4H3. The lowest BCUT2D eigenvalue weighted by atomic mass is 10.1. The molecule has 4 rings (SSSR count). The molecule has 0 atom stereocenters. The average molecular weight is 438 g/mol. The van der Waals surface area contributed by atoms with Crippen LogP contribution in [0.4, 0.5) is 5.69 Å². The lowest BCUT2D eigenvalue weighted by molar-refractivity contribution is -0.132. The van der Waals surface area contributed by atoms with E-state index in [1.807, 2.05) is 11.8 Å². The van der Waals surface area contributed by atoms with E-state index in [2.05, 4.69) is 36.9 Å². The van der Waals surface area contributed by atoms with Crippen LogP contribution < -0.4 is 16.1 Å². The lowest BCUT2D eigenvalue weighted by Gasteiger charge is -2.37. The van der Waals surface area contributed by atoms with Crippen molar-refractivity contribution in [3.8, 4) is 0 Å². The Balaban J connectivity index is 1.53. The number of aryl methyl sites for hydroxylation is 3. The molecule has 2 aromatic heterocycles. The van der Waals surface area contributed by atoms with Gasteiger partial charge in [0.05, 0.1) is 5.39 Å². The third-order valence-corrected chi connectivity index (χ3v) is 6.39. The van der Waals surface area contributed by atoms with Crippen molar-refractivity contribution >= 4 is 22.6 Å². The molecule has 1 aliphatic heterocycles. The fraction of sp³-hybridized carbons (Fsp3) is 0.458. The van der Waals surface area contributed by atoms with E-state index in [0.717, 1.165) is 13.1 Å². The van der Waals surface area contributed by atoms with Gasteiger partial charge in [-0.25, -0.2) is 4.79 Å². The monoisotopic (exact) mass is 437 g/mol. The molecule has 3 heterocycles. The Labute approximate surface area is 187 Å². The molecule has 1 fully saturated rings. The maximum Gasteiger partial charge on any atom is 0.332 e. The number of fused-ring (bicyclic) bond motifs is 1. The van der Waals surface area contributed by atoms with Crippen LogP contribution in [0.1, 0.15) is 25.0 Å². The zero-order valence-corrected chi connectivity index (χ0v) is 19.3. The highest BCUT2D eigenvalue weighted by atomic mass is 16.2. The molecule has 8 nitrogen and oxygen atoms in total. The van der Waals surface area contributed by atoms with Crippen LogP contribution in [0.15, 0.2) is 40.1 Å². The molecule has 1 aromatic carbocycles. The van der Waals surface area contributed by atoms with Gasteiger partial charge in [-0.3, -0.25) is 18.7 Å². The molecule has 0 bridgehead atoms. The summed E-state index contributed by atoms with van der Waals surface area (Å²) in [6.07, 6.45) is 1.74. The van der Waals surface area contributed by atoms with Gasteiger partial charge in [0, 0.05) is 51.2 Å². The SMILES string of the molecule is CCn1c(=O)c2ccn(CC(=O)N3CCN(c4ccc(C)cc4C)CC3)c2n(CC)c1=O. The highest BCUT2D eigenvalue weighted by molar-refractivity contribution is 5.81. The van der Waals surface area contributed by atoms with Gasteiger partial charge in [0.2, 0.25) is 5.91 Å². The van der Waals surface area contributed by atoms with E-state index in [9.17, 15) is 14.4 Å². The second-order valence-corrected chi connectivity index (χ2v) is 8.41. The Morgan fingerprint density at radius 2 is 1.62 bits per heavy atom. The molecule has 0 spiro atoms. The van der Waals surface area contributed by atoms with Gasteiger partial charge in [-0.2, -0.15) is 0 Å². The number of aromatic nitrogens is 3. The molecule has 0 aliphatic carbocycles. The summed E-state index contributed by atoms with van der Waals surface area (Å²) < 4.78 is 4.55. The summed E-state index contributed by atoms with van der Waals surface area (Å²) in [5.74, 6) is -0.00227. The van der Waals surface area contributed by atoms with E-state index in [0.29, 0.717) is 37.2 Å². The van der Waals surface area contributed by atoms with E-state index >= 15 is 0 Å². The van der Waals surface area contributed by atoms with Gasteiger partial charge < -0.3 is 14.4 Å². The molecule has 0 saturated carbocycles. The predicted molar refractivity (Wildman–Crippen MR) is 127 cm³/mol. The number of anilines is 1. The molecule has 32 heavy (non-hydrogen) atoms. The fourth-order valence-corrected chi connectivity index (χ4v) is 4.69. The number of piperazine rings is 1. The van der Waals surface area contributed by atoms with Gasteiger partial charge in [-0.1, -0.05) is 17.7 Å². The fourth-order valence-electron chi connectivity index (χ4n) is 4.69. The van der Waals surface area contributed by atoms with Gasteiger partial charge in [0.25, 0.3) is 5.56 Å². The molecule has 3 aromatic rings. The summed E-state index contributed by atoms with van der Waals surface area (Å²) in [6.45, 7) is 11.6. The number of amides is 1. The van der Waals surface area contributed by atoms with Crippen molar-refractivity contribution in [1.29, 1.82) is 0 Å². The smallest absolute Gasteiger partial charge is 0.332 e. The predicted octanol–water partition coefficient (Wildman–Crippen LogP) is 1.97. The van der Waals surface area contributed by atoms with Crippen LogP contribution in [-0.4, -0.2) is 50.7 Å². The topological polar surface area (TPSA) is 72.5 Å². The minimum atomic E-state index is -0.331. The summed E-state index contributed by atoms with van der Waals surface area (Å²) in [5.41, 5.74) is 3.61. The summed E-state index contributed by atoms with van der Waals surface area (Å²) >= 11 is 0. The Bertz CT molecular complexity index is 1280. The Hall–Kier alpha value is -3.29. The highest BCUT2D eigenvalue weighted by Crippen LogP contribution is 2.22. The molecule has 1 aliphatic rings. The number of hydrogen-bond acceptors (Lipinski definition) is 4. The first kappa shape index (κ1) is 21.9. The Morgan fingerprint density at radius 1 is 0.938 bits per heavy atom. The van der Waals surface area contributed by atoms with Crippen molar-refractivity contribution in [2.45, 2.75) is 47.3 Å². The average Bonchev–Trinajstić information content (AvgIpc) is 3.18.